The summed E-state index contributed by atoms with van der Waals surface area (Å²) in [7, 11) is 2.16. The predicted octanol–water partition coefficient (Wildman–Crippen LogP) is 8.05. The van der Waals surface area contributed by atoms with E-state index in [1.54, 1.807) is 0 Å². The fraction of sp³-hybridized carbons (Fsp3) is 0.195. The zero-order valence-corrected chi connectivity index (χ0v) is 40.4. The van der Waals surface area contributed by atoms with Gasteiger partial charge in [-0.2, -0.15) is 4.58 Å². The van der Waals surface area contributed by atoms with Gasteiger partial charge in [-0.15, -0.1) is 0 Å². The molecule has 18 nitrogen and oxygen atoms in total. The molecule has 0 unspecified atom stereocenters. The van der Waals surface area contributed by atoms with Gasteiger partial charge in [-0.25, -0.2) is 0 Å². The third-order valence-electron chi connectivity index (χ3n) is 9.34. The van der Waals surface area contributed by atoms with Gasteiger partial charge < -0.3 is 35.3 Å². The summed E-state index contributed by atoms with van der Waals surface area (Å²) in [6.07, 6.45) is 10.7. The van der Waals surface area contributed by atoms with Crippen molar-refractivity contribution in [2.24, 2.45) is 20.4 Å². The first kappa shape index (κ1) is 51.7. The van der Waals surface area contributed by atoms with E-state index in [2.05, 4.69) is 145 Å². The van der Waals surface area contributed by atoms with Crippen molar-refractivity contribution in [2.75, 3.05) is 25.0 Å². The van der Waals surface area contributed by atoms with Crippen LogP contribution in [0.5, 0.6) is 0 Å². The molecule has 341 valence electrons. The molecule has 0 bridgehead atoms. The molecule has 1 aliphatic heterocycles. The molecular formula is C41H36BrCl2CoN10O8S2-. The number of anilines is 1. The van der Waals surface area contributed by atoms with Crippen molar-refractivity contribution in [3.8, 4) is 0 Å². The van der Waals surface area contributed by atoms with Gasteiger partial charge in [0.1, 0.15) is 30.0 Å². The third-order valence-corrected chi connectivity index (χ3v) is 12.3. The van der Waals surface area contributed by atoms with Crippen molar-refractivity contribution in [3.63, 3.8) is 0 Å². The van der Waals surface area contributed by atoms with Crippen LogP contribution in [0, 0.1) is 20.2 Å². The SMILES string of the molecule is CCN(CC)c1ccc(/C=C/C2=[N+](C)c3ccccc3C2(C)C)c(Br)c1.O=C1C=C(O)C(=NN=c2[n-]cc([N+](=O)[O-])s2)C=C1Cl.O=C1C=C(O)C(=NN=c2[n-]cc([N+](=O)[O-])s2)C=C1Cl.[Co]. The van der Waals surface area contributed by atoms with Gasteiger partial charge in [0.2, 0.25) is 17.3 Å². The molecule has 2 aromatic heterocycles. The minimum atomic E-state index is -0.600. The molecule has 3 aliphatic rings. The molecule has 0 amide bonds. The molecule has 2 aromatic carbocycles. The number of halogens is 3. The number of rotatable bonds is 9. The van der Waals surface area contributed by atoms with Gasteiger partial charge in [0.05, 0.1) is 25.3 Å². The predicted molar refractivity (Wildman–Crippen MR) is 251 cm³/mol. The average Bonchev–Trinajstić information content (AvgIpc) is 3.99. The minimum absolute atomic E-state index is 0. The Morgan fingerprint density at radius 3 is 1.74 bits per heavy atom. The maximum atomic E-state index is 11.1. The maximum absolute atomic E-state index is 11.1. The molecule has 3 heterocycles. The summed E-state index contributed by atoms with van der Waals surface area (Å²) >= 11 is 16.4. The fourth-order valence-corrected chi connectivity index (χ4v) is 8.02. The minimum Gasteiger partial charge on any atom is -0.506 e. The van der Waals surface area contributed by atoms with Gasteiger partial charge >= 0.3 is 10.0 Å². The summed E-state index contributed by atoms with van der Waals surface area (Å²) in [5.41, 5.74) is 6.43. The van der Waals surface area contributed by atoms with Gasteiger partial charge in [0.15, 0.2) is 5.71 Å². The second kappa shape index (κ2) is 22.8. The summed E-state index contributed by atoms with van der Waals surface area (Å²) < 4.78 is 3.44. The summed E-state index contributed by atoms with van der Waals surface area (Å²) in [4.78, 5) is 51.6. The van der Waals surface area contributed by atoms with Crippen LogP contribution in [0.1, 0.15) is 38.8 Å². The summed E-state index contributed by atoms with van der Waals surface area (Å²) in [6, 6.07) is 15.3. The van der Waals surface area contributed by atoms with Crippen LogP contribution in [-0.4, -0.2) is 73.5 Å². The van der Waals surface area contributed by atoms with Crippen molar-refractivity contribution in [3.05, 3.63) is 152 Å². The Balaban J connectivity index is 0.000000216. The van der Waals surface area contributed by atoms with Gasteiger partial charge in [-0.1, -0.05) is 86.1 Å². The molecule has 0 saturated carbocycles. The molecule has 65 heavy (non-hydrogen) atoms. The van der Waals surface area contributed by atoms with Gasteiger partial charge in [0, 0.05) is 91.9 Å². The van der Waals surface area contributed by atoms with E-state index in [0.717, 1.165) is 76.9 Å². The van der Waals surface area contributed by atoms with Crippen LogP contribution >= 0.6 is 61.8 Å². The van der Waals surface area contributed by atoms with E-state index in [9.17, 15) is 40.0 Å². The van der Waals surface area contributed by atoms with Gasteiger partial charge in [-0.05, 0) is 63.6 Å². The third kappa shape index (κ3) is 12.9. The van der Waals surface area contributed by atoms with Crippen molar-refractivity contribution < 1.29 is 51.0 Å². The van der Waals surface area contributed by atoms with Crippen LogP contribution in [0.15, 0.2) is 132 Å². The van der Waals surface area contributed by atoms with Crippen molar-refractivity contribution in [1.82, 2.24) is 9.97 Å². The van der Waals surface area contributed by atoms with E-state index in [4.69, 9.17) is 23.2 Å². The molecule has 0 saturated heterocycles. The van der Waals surface area contributed by atoms with E-state index in [0.29, 0.717) is 0 Å². The van der Waals surface area contributed by atoms with Crippen LogP contribution < -0.4 is 24.5 Å². The fourth-order valence-electron chi connectivity index (χ4n) is 6.10. The Bertz CT molecular complexity index is 2820. The second-order valence-electron chi connectivity index (χ2n) is 13.7. The number of para-hydroxylation sites is 1. The van der Waals surface area contributed by atoms with Crippen LogP contribution in [0.25, 0.3) is 6.08 Å². The maximum Gasteiger partial charge on any atom is 0.319 e. The first-order chi connectivity index (χ1) is 30.3. The molecule has 7 rings (SSSR count). The Labute approximate surface area is 407 Å². The second-order valence-corrected chi connectivity index (χ2v) is 17.4. The van der Waals surface area contributed by atoms with Gasteiger partial charge in [0.25, 0.3) is 0 Å². The molecule has 0 atom stereocenters. The number of aliphatic hydroxyl groups is 2. The molecule has 4 aromatic rings. The number of hydrogen-bond acceptors (Lipinski definition) is 15. The summed E-state index contributed by atoms with van der Waals surface area (Å²) in [5, 5.41) is 53.7. The van der Waals surface area contributed by atoms with Crippen LogP contribution in [0.4, 0.5) is 21.4 Å². The Morgan fingerprint density at radius 2 is 1.31 bits per heavy atom. The first-order valence-corrected chi connectivity index (χ1v) is 21.9. The Kier molecular flexibility index (Phi) is 18.2. The molecule has 24 heteroatoms. The number of carbonyl (C=O) groups is 2. The standard InChI is InChI=1S/C23H28BrN2.2C9H5ClN4O4S.Co/c1-6-26(7-2)18-14-12-17(20(24)16-18)13-15-22-23(3,4)19-10-8-9-11-21(19)25(22)5;2*10-4-1-5(7(16)2-6(4)15)12-13-9-11-3-8(19-9)14(17)18;/h8-16H,6-7H2,1-5H3;2*1-3H,(H2,11,13,15,16);/q+1;;;/p-2. The van der Waals surface area contributed by atoms with E-state index >= 15 is 0 Å². The number of thiazole rings is 2. The van der Waals surface area contributed by atoms with Crippen LogP contribution in [0.3, 0.4) is 0 Å². The number of benzene rings is 2. The van der Waals surface area contributed by atoms with E-state index in [1.165, 1.54) is 28.2 Å². The van der Waals surface area contributed by atoms with Gasteiger partial charge in [-0.3, -0.25) is 40.0 Å². The molecule has 2 aliphatic carbocycles. The molecule has 2 N–H and O–H groups in total. The number of carbonyl (C=O) groups excluding carboxylic acids is 2. The van der Waals surface area contributed by atoms with E-state index in [1.807, 2.05) is 0 Å². The number of aromatic nitrogens is 2. The monoisotopic (exact) mass is 1070 g/mol. The largest absolute Gasteiger partial charge is 0.506 e. The Morgan fingerprint density at radius 1 is 0.815 bits per heavy atom. The molecular weight excluding hydrogens is 1030 g/mol. The first-order valence-electron chi connectivity index (χ1n) is 18.7. The van der Waals surface area contributed by atoms with Crippen molar-refractivity contribution in [1.29, 1.82) is 0 Å². The van der Waals surface area contributed by atoms with Crippen molar-refractivity contribution in [2.45, 2.75) is 33.1 Å². The Hall–Kier alpha value is -5.88. The van der Waals surface area contributed by atoms with Crippen LogP contribution in [0.2, 0.25) is 0 Å². The number of hydrogen-bond donors (Lipinski definition) is 2. The van der Waals surface area contributed by atoms with E-state index < -0.39 is 21.4 Å². The normalized spacial score (nSPS) is 17.0. The number of nitro groups is 2. The number of nitrogens with zero attached hydrogens (tertiary/aromatic N) is 10. The summed E-state index contributed by atoms with van der Waals surface area (Å²) in [5.74, 6) is -1.85. The van der Waals surface area contributed by atoms with E-state index in [-0.39, 0.29) is 74.8 Å². The molecule has 0 spiro atoms. The topological polar surface area (TPSA) is 245 Å². The molecule has 0 fully saturated rings. The number of ketones is 2. The quantitative estimate of drug-likeness (QED) is 0.0703. The van der Waals surface area contributed by atoms with Crippen LogP contribution in [-0.2, 0) is 31.8 Å². The number of allylic oxidation sites excluding steroid dienone is 7. The van der Waals surface area contributed by atoms with Crippen molar-refractivity contribution >= 4 is 118 Å². The smallest absolute Gasteiger partial charge is 0.319 e. The average molecular weight is 1070 g/mol. The number of aliphatic hydroxyl groups excluding tert-OH is 2. The molecule has 1 radical (unpaired) electrons. The zero-order chi connectivity index (χ0) is 46.9. The zero-order valence-electron chi connectivity index (χ0n) is 34.7. The number of fused-ring (bicyclic) bond motifs is 1. The summed E-state index contributed by atoms with van der Waals surface area (Å²) in [6.45, 7) is 11.0.